The highest BCUT2D eigenvalue weighted by molar-refractivity contribution is 6.31. The van der Waals surface area contributed by atoms with Gasteiger partial charge in [-0.1, -0.05) is 17.7 Å². The van der Waals surface area contributed by atoms with Crippen LogP contribution in [0.1, 0.15) is 49.4 Å². The van der Waals surface area contributed by atoms with Crippen LogP contribution in [0.5, 0.6) is 5.75 Å². The highest BCUT2D eigenvalue weighted by Crippen LogP contribution is 2.41. The molecule has 2 heterocycles. The molecule has 0 fully saturated rings. The molecule has 4 rings (SSSR count). The number of benzene rings is 2. The summed E-state index contributed by atoms with van der Waals surface area (Å²) in [5, 5.41) is 5.47. The zero-order valence-electron chi connectivity index (χ0n) is 18.8. The molecule has 32 heavy (non-hydrogen) atoms. The summed E-state index contributed by atoms with van der Waals surface area (Å²) in [6.45, 7) is 9.53. The molecule has 3 aromatic rings. The van der Waals surface area contributed by atoms with E-state index < -0.39 is 5.91 Å². The Morgan fingerprint density at radius 3 is 2.78 bits per heavy atom. The van der Waals surface area contributed by atoms with Gasteiger partial charge in [0, 0.05) is 39.8 Å². The first-order valence-corrected chi connectivity index (χ1v) is 10.8. The lowest BCUT2D eigenvalue weighted by Crippen LogP contribution is -2.44. The van der Waals surface area contributed by atoms with Gasteiger partial charge in [-0.3, -0.25) is 4.79 Å². The number of methoxy groups -OCH3 is 1. The van der Waals surface area contributed by atoms with Crippen molar-refractivity contribution in [2.24, 2.45) is 5.10 Å². The second kappa shape index (κ2) is 8.36. The molecule has 0 aliphatic carbocycles. The summed E-state index contributed by atoms with van der Waals surface area (Å²) in [5.41, 5.74) is 7.23. The van der Waals surface area contributed by atoms with E-state index in [4.69, 9.17) is 20.8 Å². The van der Waals surface area contributed by atoms with Gasteiger partial charge in [0.05, 0.1) is 18.9 Å². The van der Waals surface area contributed by atoms with Crippen molar-refractivity contribution in [2.75, 3.05) is 18.6 Å². The summed E-state index contributed by atoms with van der Waals surface area (Å²) >= 11 is 6.00. The van der Waals surface area contributed by atoms with Crippen LogP contribution in [0.25, 0.3) is 16.5 Å². The average Bonchev–Trinajstić information content (AvgIpc) is 3.16. The van der Waals surface area contributed by atoms with Crippen LogP contribution in [0.2, 0.25) is 5.02 Å². The number of anilines is 1. The number of hydrogen-bond acceptors (Lipinski definition) is 5. The molecule has 166 valence electrons. The van der Waals surface area contributed by atoms with Gasteiger partial charge >= 0.3 is 5.91 Å². The molecule has 0 radical (unpaired) electrons. The lowest BCUT2D eigenvalue weighted by atomic mass is 9.88. The molecule has 7 heteroatoms. The number of hydrogen-bond donors (Lipinski definition) is 1. The number of likely N-dealkylation sites (N-methyl/N-ethyl adjacent to an activating group) is 1. The van der Waals surface area contributed by atoms with Crippen molar-refractivity contribution in [2.45, 2.75) is 33.2 Å². The Bertz CT molecular complexity index is 1260. The maximum Gasteiger partial charge on any atom is 0.307 e. The molecule has 1 aromatic heterocycles. The first kappa shape index (κ1) is 22.0. The fourth-order valence-corrected chi connectivity index (χ4v) is 4.50. The Kier molecular flexibility index (Phi) is 5.73. The number of carbonyl (C=O) groups excluding carboxylic acids is 1. The minimum absolute atomic E-state index is 0.0861. The molecule has 6 nitrogen and oxygen atoms in total. The van der Waals surface area contributed by atoms with E-state index in [0.717, 1.165) is 28.7 Å². The van der Waals surface area contributed by atoms with Gasteiger partial charge in [0.15, 0.2) is 5.76 Å². The SMILES string of the molecule is CCN1c2cc(OC)c(/C=N\NC(=O)c3cc4cc(Cl)ccc4o3)cc2C(C)=CC1(C)C. The van der Waals surface area contributed by atoms with Crippen molar-refractivity contribution < 1.29 is 13.9 Å². The van der Waals surface area contributed by atoms with Crippen LogP contribution in [0, 0.1) is 0 Å². The number of carbonyl (C=O) groups is 1. The Hall–Kier alpha value is -3.25. The third-order valence-electron chi connectivity index (χ3n) is 5.72. The van der Waals surface area contributed by atoms with E-state index in [1.165, 1.54) is 5.57 Å². The van der Waals surface area contributed by atoms with Gasteiger partial charge in [0.2, 0.25) is 0 Å². The first-order valence-electron chi connectivity index (χ1n) is 10.5. The second-order valence-electron chi connectivity index (χ2n) is 8.33. The van der Waals surface area contributed by atoms with Crippen LogP contribution in [0.3, 0.4) is 0 Å². The third kappa shape index (κ3) is 3.98. The fraction of sp³-hybridized carbons (Fsp3) is 0.280. The summed E-state index contributed by atoms with van der Waals surface area (Å²) in [7, 11) is 1.63. The minimum atomic E-state index is -0.444. The summed E-state index contributed by atoms with van der Waals surface area (Å²) in [6.07, 6.45) is 3.85. The summed E-state index contributed by atoms with van der Waals surface area (Å²) in [5.74, 6) is 0.404. The second-order valence-corrected chi connectivity index (χ2v) is 8.76. The maximum atomic E-state index is 12.5. The topological polar surface area (TPSA) is 67.1 Å². The van der Waals surface area contributed by atoms with E-state index in [1.807, 2.05) is 12.1 Å². The summed E-state index contributed by atoms with van der Waals surface area (Å²) < 4.78 is 11.2. The molecule has 1 N–H and O–H groups in total. The quantitative estimate of drug-likeness (QED) is 0.388. The summed E-state index contributed by atoms with van der Waals surface area (Å²) in [4.78, 5) is 14.8. The van der Waals surface area contributed by atoms with Gasteiger partial charge in [-0.15, -0.1) is 0 Å². The Morgan fingerprint density at radius 2 is 2.06 bits per heavy atom. The fourth-order valence-electron chi connectivity index (χ4n) is 4.32. The van der Waals surface area contributed by atoms with Gasteiger partial charge in [0.1, 0.15) is 11.3 Å². The molecule has 2 aromatic carbocycles. The highest BCUT2D eigenvalue weighted by atomic mass is 35.5. The van der Waals surface area contributed by atoms with Gasteiger partial charge in [-0.2, -0.15) is 5.10 Å². The number of nitrogens with zero attached hydrogens (tertiary/aromatic N) is 2. The van der Waals surface area contributed by atoms with Crippen LogP contribution in [-0.2, 0) is 0 Å². The maximum absolute atomic E-state index is 12.5. The Balaban J connectivity index is 1.60. The van der Waals surface area contributed by atoms with Crippen molar-refractivity contribution in [1.29, 1.82) is 0 Å². The standard InChI is InChI=1S/C25H26ClN3O3/c1-6-29-20-12-22(31-5)17(10-19(20)15(2)13-25(29,3)4)14-27-28-24(30)23-11-16-9-18(26)7-8-21(16)32-23/h7-14H,6H2,1-5H3,(H,28,30)/b27-14-. The van der Waals surface area contributed by atoms with Crippen molar-refractivity contribution >= 4 is 46.0 Å². The lowest BCUT2D eigenvalue weighted by molar-refractivity contribution is 0.0929. The van der Waals surface area contributed by atoms with Crippen molar-refractivity contribution in [3.63, 3.8) is 0 Å². The third-order valence-corrected chi connectivity index (χ3v) is 5.95. The van der Waals surface area contributed by atoms with E-state index in [2.05, 4.69) is 49.2 Å². The molecule has 0 unspecified atom stereocenters. The van der Waals surface area contributed by atoms with Crippen LogP contribution in [0.4, 0.5) is 5.69 Å². The molecule has 1 aliphatic heterocycles. The number of hydrazone groups is 1. The number of allylic oxidation sites excluding steroid dienone is 1. The van der Waals surface area contributed by atoms with Crippen LogP contribution in [0.15, 0.2) is 52.0 Å². The number of rotatable bonds is 5. The number of fused-ring (bicyclic) bond motifs is 2. The van der Waals surface area contributed by atoms with Gasteiger partial charge in [-0.25, -0.2) is 5.43 Å². The van der Waals surface area contributed by atoms with E-state index >= 15 is 0 Å². The molecule has 1 amide bonds. The Labute approximate surface area is 192 Å². The minimum Gasteiger partial charge on any atom is -0.496 e. The smallest absolute Gasteiger partial charge is 0.307 e. The monoisotopic (exact) mass is 451 g/mol. The van der Waals surface area contributed by atoms with Crippen molar-refractivity contribution in [3.05, 3.63) is 64.4 Å². The molecule has 0 saturated carbocycles. The van der Waals surface area contributed by atoms with E-state index in [1.54, 1.807) is 37.6 Å². The molecule has 0 spiro atoms. The van der Waals surface area contributed by atoms with Crippen molar-refractivity contribution in [3.8, 4) is 5.75 Å². The van der Waals surface area contributed by atoms with Gasteiger partial charge in [0.25, 0.3) is 0 Å². The van der Waals surface area contributed by atoms with Crippen molar-refractivity contribution in [1.82, 2.24) is 5.43 Å². The zero-order valence-corrected chi connectivity index (χ0v) is 19.6. The first-order chi connectivity index (χ1) is 15.2. The number of halogens is 1. The van der Waals surface area contributed by atoms with E-state index in [-0.39, 0.29) is 11.3 Å². The Morgan fingerprint density at radius 1 is 1.28 bits per heavy atom. The molecular weight excluding hydrogens is 426 g/mol. The van der Waals surface area contributed by atoms with E-state index in [0.29, 0.717) is 16.4 Å². The largest absolute Gasteiger partial charge is 0.496 e. The molecular formula is C25H26ClN3O3. The number of amides is 1. The van der Waals surface area contributed by atoms with Crippen LogP contribution >= 0.6 is 11.6 Å². The van der Waals surface area contributed by atoms with Gasteiger partial charge < -0.3 is 14.1 Å². The summed E-state index contributed by atoms with van der Waals surface area (Å²) in [6, 6.07) is 10.9. The van der Waals surface area contributed by atoms with Crippen LogP contribution in [-0.4, -0.2) is 31.3 Å². The predicted molar refractivity (Wildman–Crippen MR) is 130 cm³/mol. The molecule has 0 saturated heterocycles. The molecule has 0 atom stereocenters. The van der Waals surface area contributed by atoms with Gasteiger partial charge in [-0.05, 0) is 63.6 Å². The number of nitrogens with one attached hydrogen (secondary N) is 1. The highest BCUT2D eigenvalue weighted by Gasteiger charge is 2.31. The van der Waals surface area contributed by atoms with E-state index in [9.17, 15) is 4.79 Å². The molecule has 1 aliphatic rings. The zero-order chi connectivity index (χ0) is 23.0. The number of furan rings is 1. The average molecular weight is 452 g/mol. The number of ether oxygens (including phenoxy) is 1. The lowest BCUT2D eigenvalue weighted by Gasteiger charge is -2.43. The normalized spacial score (nSPS) is 15.1. The van der Waals surface area contributed by atoms with Crippen LogP contribution < -0.4 is 15.1 Å². The molecule has 0 bridgehead atoms. The predicted octanol–water partition coefficient (Wildman–Crippen LogP) is 5.88.